The van der Waals surface area contributed by atoms with Crippen LogP contribution in [0.15, 0.2) is 79.2 Å². The van der Waals surface area contributed by atoms with Crippen LogP contribution in [-0.4, -0.2) is 24.7 Å². The number of aryl methyl sites for hydroxylation is 1. The summed E-state index contributed by atoms with van der Waals surface area (Å²) in [6, 6.07) is 17.8. The third-order valence-corrected chi connectivity index (χ3v) is 5.91. The van der Waals surface area contributed by atoms with Crippen molar-refractivity contribution in [2.45, 2.75) is 6.92 Å². The molecule has 0 aliphatic rings. The first-order chi connectivity index (χ1) is 15.3. The van der Waals surface area contributed by atoms with E-state index in [1.165, 1.54) is 6.21 Å². The molecule has 0 heterocycles. The maximum absolute atomic E-state index is 12.6. The fraction of sp³-hybridized carbons (Fsp3) is 0.0870. The normalized spacial score (nSPS) is 10.8. The number of esters is 1. The molecule has 0 saturated carbocycles. The molecule has 0 aliphatic carbocycles. The number of nitrogens with one attached hydrogen (secondary N) is 1. The Labute approximate surface area is 210 Å². The second kappa shape index (κ2) is 11.4. The Hall–Kier alpha value is -2.49. The molecule has 0 fully saturated rings. The van der Waals surface area contributed by atoms with Gasteiger partial charge in [-0.25, -0.2) is 10.2 Å². The van der Waals surface area contributed by atoms with Gasteiger partial charge in [0.05, 0.1) is 16.3 Å². The minimum Gasteiger partial charge on any atom is -0.483 e. The van der Waals surface area contributed by atoms with Gasteiger partial charge < -0.3 is 9.47 Å². The zero-order chi connectivity index (χ0) is 23.1. The second-order valence-electron chi connectivity index (χ2n) is 6.52. The molecule has 0 bridgehead atoms. The zero-order valence-electron chi connectivity index (χ0n) is 16.8. The minimum atomic E-state index is -0.536. The topological polar surface area (TPSA) is 77.0 Å². The number of rotatable bonds is 7. The van der Waals surface area contributed by atoms with Crippen LogP contribution in [0.5, 0.6) is 11.5 Å². The first-order valence-electron chi connectivity index (χ1n) is 9.31. The Morgan fingerprint density at radius 2 is 1.72 bits per heavy atom. The second-order valence-corrected chi connectivity index (χ2v) is 9.15. The molecule has 0 saturated heterocycles. The first kappa shape index (κ1) is 24.2. The highest BCUT2D eigenvalue weighted by Crippen LogP contribution is 2.33. The summed E-state index contributed by atoms with van der Waals surface area (Å²) in [5.41, 5.74) is 4.20. The quantitative estimate of drug-likeness (QED) is 0.151. The largest absolute Gasteiger partial charge is 0.483 e. The van der Waals surface area contributed by atoms with Crippen molar-refractivity contribution in [2.75, 3.05) is 6.61 Å². The fourth-order valence-corrected chi connectivity index (χ4v) is 4.41. The van der Waals surface area contributed by atoms with Crippen LogP contribution in [0.1, 0.15) is 21.5 Å². The van der Waals surface area contributed by atoms with Crippen molar-refractivity contribution >= 4 is 65.9 Å². The van der Waals surface area contributed by atoms with Crippen molar-refractivity contribution in [3.05, 3.63) is 90.8 Å². The number of hydrogen-bond acceptors (Lipinski definition) is 5. The molecule has 0 unspecified atom stereocenters. The molecule has 1 amide bonds. The number of carbonyl (C=O) groups excluding carboxylic acids is 2. The molecular weight excluding hydrogens is 608 g/mol. The number of benzene rings is 3. The van der Waals surface area contributed by atoms with Crippen LogP contribution in [0.25, 0.3) is 0 Å². The molecular formula is C23H17Br3N2O4. The number of ether oxygens (including phenoxy) is 2. The molecule has 9 heteroatoms. The lowest BCUT2D eigenvalue weighted by molar-refractivity contribution is -0.123. The van der Waals surface area contributed by atoms with Gasteiger partial charge in [-0.1, -0.05) is 46.3 Å². The number of para-hydroxylation sites is 1. The van der Waals surface area contributed by atoms with Crippen molar-refractivity contribution in [2.24, 2.45) is 5.10 Å². The Kier molecular flexibility index (Phi) is 8.60. The highest BCUT2D eigenvalue weighted by molar-refractivity contribution is 9.11. The number of halogens is 3. The van der Waals surface area contributed by atoms with E-state index in [1.807, 2.05) is 25.1 Å². The lowest BCUT2D eigenvalue weighted by Gasteiger charge is -2.11. The van der Waals surface area contributed by atoms with Gasteiger partial charge in [0, 0.05) is 14.5 Å². The highest BCUT2D eigenvalue weighted by Gasteiger charge is 2.17. The van der Waals surface area contributed by atoms with E-state index in [2.05, 4.69) is 58.3 Å². The number of hydrazone groups is 1. The Morgan fingerprint density at radius 3 is 2.47 bits per heavy atom. The monoisotopic (exact) mass is 622 g/mol. The van der Waals surface area contributed by atoms with Gasteiger partial charge in [-0.15, -0.1) is 0 Å². The molecule has 3 aromatic carbocycles. The van der Waals surface area contributed by atoms with Crippen molar-refractivity contribution in [1.82, 2.24) is 5.43 Å². The summed E-state index contributed by atoms with van der Waals surface area (Å²) >= 11 is 10.2. The predicted octanol–water partition coefficient (Wildman–Crippen LogP) is 6.03. The summed E-state index contributed by atoms with van der Waals surface area (Å²) in [7, 11) is 0. The highest BCUT2D eigenvalue weighted by atomic mass is 79.9. The van der Waals surface area contributed by atoms with Gasteiger partial charge in [0.15, 0.2) is 12.4 Å². The van der Waals surface area contributed by atoms with Gasteiger partial charge in [-0.05, 0) is 74.7 Å². The standard InChI is InChI=1S/C23H17Br3N2O4/c1-14-6-2-5-9-20(14)31-13-21(29)28-27-12-15-10-16(24)11-19(26)22(15)32-23(30)17-7-3-4-8-18(17)25/h2-12H,13H2,1H3,(H,28,29)/b27-12-. The van der Waals surface area contributed by atoms with E-state index in [-0.39, 0.29) is 12.4 Å². The predicted molar refractivity (Wildman–Crippen MR) is 133 cm³/mol. The third kappa shape index (κ3) is 6.51. The molecule has 0 atom stereocenters. The Balaban J connectivity index is 1.70. The maximum Gasteiger partial charge on any atom is 0.344 e. The number of nitrogens with zero attached hydrogens (tertiary/aromatic N) is 1. The maximum atomic E-state index is 12.6. The lowest BCUT2D eigenvalue weighted by atomic mass is 10.2. The van der Waals surface area contributed by atoms with E-state index in [1.54, 1.807) is 42.5 Å². The smallest absolute Gasteiger partial charge is 0.344 e. The Morgan fingerprint density at radius 1 is 1.00 bits per heavy atom. The molecule has 3 aromatic rings. The molecule has 6 nitrogen and oxygen atoms in total. The summed E-state index contributed by atoms with van der Waals surface area (Å²) in [6.07, 6.45) is 1.39. The summed E-state index contributed by atoms with van der Waals surface area (Å²) in [6.45, 7) is 1.71. The number of amides is 1. The van der Waals surface area contributed by atoms with Gasteiger partial charge >= 0.3 is 5.97 Å². The number of hydrogen-bond donors (Lipinski definition) is 1. The van der Waals surface area contributed by atoms with E-state index in [9.17, 15) is 9.59 Å². The number of carbonyl (C=O) groups is 2. The van der Waals surface area contributed by atoms with Crippen molar-refractivity contribution in [3.8, 4) is 11.5 Å². The minimum absolute atomic E-state index is 0.186. The van der Waals surface area contributed by atoms with Gasteiger partial charge in [-0.2, -0.15) is 5.10 Å². The summed E-state index contributed by atoms with van der Waals surface area (Å²) in [4.78, 5) is 24.7. The van der Waals surface area contributed by atoms with Crippen LogP contribution in [0.4, 0.5) is 0 Å². The zero-order valence-corrected chi connectivity index (χ0v) is 21.5. The van der Waals surface area contributed by atoms with E-state index < -0.39 is 11.9 Å². The van der Waals surface area contributed by atoms with E-state index in [0.717, 1.165) is 10.0 Å². The van der Waals surface area contributed by atoms with E-state index >= 15 is 0 Å². The van der Waals surface area contributed by atoms with Crippen molar-refractivity contribution in [1.29, 1.82) is 0 Å². The molecule has 164 valence electrons. The molecule has 0 spiro atoms. The average molecular weight is 625 g/mol. The molecule has 32 heavy (non-hydrogen) atoms. The van der Waals surface area contributed by atoms with Crippen molar-refractivity contribution in [3.63, 3.8) is 0 Å². The van der Waals surface area contributed by atoms with Crippen molar-refractivity contribution < 1.29 is 19.1 Å². The van der Waals surface area contributed by atoms with Gasteiger partial charge in [0.25, 0.3) is 5.91 Å². The SMILES string of the molecule is Cc1ccccc1OCC(=O)N/N=C\c1cc(Br)cc(Br)c1OC(=O)c1ccccc1Br. The lowest BCUT2D eigenvalue weighted by Crippen LogP contribution is -2.24. The molecule has 0 aromatic heterocycles. The van der Waals surface area contributed by atoms with Crippen LogP contribution >= 0.6 is 47.8 Å². The van der Waals surface area contributed by atoms with E-state index in [0.29, 0.717) is 25.8 Å². The van der Waals surface area contributed by atoms with Gasteiger partial charge in [0.1, 0.15) is 5.75 Å². The van der Waals surface area contributed by atoms with Gasteiger partial charge in [-0.3, -0.25) is 4.79 Å². The summed E-state index contributed by atoms with van der Waals surface area (Å²) in [5.74, 6) is -0.0666. The molecule has 0 aliphatic heterocycles. The molecule has 1 N–H and O–H groups in total. The summed E-state index contributed by atoms with van der Waals surface area (Å²) < 4.78 is 13.0. The first-order valence-corrected chi connectivity index (χ1v) is 11.7. The molecule has 0 radical (unpaired) electrons. The van der Waals surface area contributed by atoms with Crippen LogP contribution in [0.3, 0.4) is 0 Å². The fourth-order valence-electron chi connectivity index (χ4n) is 2.63. The summed E-state index contributed by atoms with van der Waals surface area (Å²) in [5, 5.41) is 3.97. The van der Waals surface area contributed by atoms with Crippen LogP contribution in [0, 0.1) is 6.92 Å². The van der Waals surface area contributed by atoms with Crippen LogP contribution in [-0.2, 0) is 4.79 Å². The molecule has 3 rings (SSSR count). The Bertz CT molecular complexity index is 1180. The van der Waals surface area contributed by atoms with Crippen LogP contribution < -0.4 is 14.9 Å². The average Bonchev–Trinajstić information content (AvgIpc) is 2.75. The van der Waals surface area contributed by atoms with Crippen LogP contribution in [0.2, 0.25) is 0 Å². The van der Waals surface area contributed by atoms with Gasteiger partial charge in [0.2, 0.25) is 0 Å². The van der Waals surface area contributed by atoms with E-state index in [4.69, 9.17) is 9.47 Å². The third-order valence-electron chi connectivity index (χ3n) is 4.17.